The number of aliphatic hydroxyl groups is 1. The molecule has 3 aromatic rings. The molecule has 0 radical (unpaired) electrons. The van der Waals surface area contributed by atoms with Gasteiger partial charge in [0.2, 0.25) is 0 Å². The number of aliphatic hydroxyl groups excluding tert-OH is 1. The molecule has 0 spiro atoms. The first-order chi connectivity index (χ1) is 16.8. The van der Waals surface area contributed by atoms with Crippen molar-refractivity contribution in [3.63, 3.8) is 0 Å². The molecule has 1 aliphatic rings. The van der Waals surface area contributed by atoms with Gasteiger partial charge in [-0.05, 0) is 79.7 Å². The van der Waals surface area contributed by atoms with Crippen molar-refractivity contribution in [1.82, 2.24) is 4.31 Å². The van der Waals surface area contributed by atoms with Crippen molar-refractivity contribution >= 4 is 28.1 Å². The van der Waals surface area contributed by atoms with E-state index in [-0.39, 0.29) is 0 Å². The van der Waals surface area contributed by atoms with Crippen LogP contribution in [0.3, 0.4) is 0 Å². The zero-order valence-electron chi connectivity index (χ0n) is 21.1. The number of ether oxygens (including phenoxy) is 1. The van der Waals surface area contributed by atoms with Gasteiger partial charge in [-0.3, -0.25) is 0 Å². The molecule has 1 fully saturated rings. The van der Waals surface area contributed by atoms with E-state index in [4.69, 9.17) is 14.6 Å². The molecule has 1 heterocycles. The van der Waals surface area contributed by atoms with E-state index in [2.05, 4.69) is 41.1 Å². The predicted molar refractivity (Wildman–Crippen MR) is 146 cm³/mol. The minimum atomic E-state index is -2.68. The topological polar surface area (TPSA) is 70.1 Å². The number of para-hydroxylation sites is 1. The molecular formula is C28H36N2O4S. The monoisotopic (exact) mass is 496 g/mol. The Balaban J connectivity index is 0.00000103. The maximum Gasteiger partial charge on any atom is 0.144 e. The van der Waals surface area contributed by atoms with E-state index >= 15 is 0 Å². The fourth-order valence-electron chi connectivity index (χ4n) is 4.09. The van der Waals surface area contributed by atoms with Crippen LogP contribution in [0, 0.1) is 20.8 Å². The molecule has 6 nitrogen and oxygen atoms in total. The van der Waals surface area contributed by atoms with E-state index < -0.39 is 9.71 Å². The van der Waals surface area contributed by atoms with E-state index in [1.165, 1.54) is 5.69 Å². The van der Waals surface area contributed by atoms with Crippen LogP contribution in [-0.4, -0.2) is 59.6 Å². The number of anilines is 1. The Hall–Kier alpha value is -3.13. The number of benzene rings is 3. The summed E-state index contributed by atoms with van der Waals surface area (Å²) in [5, 5.41) is 7.00. The maximum absolute atomic E-state index is 14.0. The van der Waals surface area contributed by atoms with Crippen molar-refractivity contribution in [3.8, 4) is 11.5 Å². The summed E-state index contributed by atoms with van der Waals surface area (Å²) in [6.45, 7) is 11.1. The van der Waals surface area contributed by atoms with Gasteiger partial charge in [-0.1, -0.05) is 30.3 Å². The van der Waals surface area contributed by atoms with E-state index in [0.29, 0.717) is 23.7 Å². The highest BCUT2D eigenvalue weighted by Gasteiger charge is 2.27. The Kier molecular flexibility index (Phi) is 10.5. The lowest BCUT2D eigenvalue weighted by molar-refractivity contribution is -0.0980. The zero-order valence-corrected chi connectivity index (χ0v) is 21.9. The van der Waals surface area contributed by atoms with Gasteiger partial charge in [-0.25, -0.2) is 8.51 Å². The van der Waals surface area contributed by atoms with Crippen molar-refractivity contribution in [1.29, 1.82) is 0 Å². The summed E-state index contributed by atoms with van der Waals surface area (Å²) in [5.41, 5.74) is 4.52. The smallest absolute Gasteiger partial charge is 0.144 e. The normalized spacial score (nSPS) is 15.1. The summed E-state index contributed by atoms with van der Waals surface area (Å²) < 4.78 is 22.2. The van der Waals surface area contributed by atoms with Crippen LogP contribution in [0.15, 0.2) is 71.6 Å². The number of hydrogen-bond acceptors (Lipinski definition) is 5. The average molecular weight is 497 g/mol. The van der Waals surface area contributed by atoms with E-state index in [1.54, 1.807) is 0 Å². The van der Waals surface area contributed by atoms with Gasteiger partial charge in [-0.15, -0.1) is 0 Å². The van der Waals surface area contributed by atoms with Crippen LogP contribution in [0.25, 0.3) is 0 Å². The molecule has 188 valence electrons. The quantitative estimate of drug-likeness (QED) is 0.521. The average Bonchev–Trinajstić information content (AvgIpc) is 2.87. The van der Waals surface area contributed by atoms with Crippen LogP contribution in [0.2, 0.25) is 0 Å². The van der Waals surface area contributed by atoms with E-state index in [1.807, 2.05) is 68.3 Å². The lowest BCUT2D eigenvalue weighted by Gasteiger charge is -2.37. The van der Waals surface area contributed by atoms with Gasteiger partial charge in [0.05, 0.1) is 14.6 Å². The number of aryl methyl sites for hydroxylation is 3. The Morgan fingerprint density at radius 3 is 1.94 bits per heavy atom. The van der Waals surface area contributed by atoms with Crippen molar-refractivity contribution < 1.29 is 18.8 Å². The Bertz CT molecular complexity index is 1170. The third-order valence-corrected chi connectivity index (χ3v) is 7.85. The highest BCUT2D eigenvalue weighted by Crippen LogP contribution is 2.33. The van der Waals surface area contributed by atoms with Gasteiger partial charge >= 0.3 is 0 Å². The molecule has 4 rings (SSSR count). The minimum Gasteiger partial charge on any atom is -0.456 e. The van der Waals surface area contributed by atoms with Crippen molar-refractivity contribution in [2.75, 3.05) is 38.2 Å². The van der Waals surface area contributed by atoms with Gasteiger partial charge in [0.15, 0.2) is 0 Å². The molecule has 0 amide bonds. The molecule has 1 N–H and O–H groups in total. The second-order valence-corrected chi connectivity index (χ2v) is 10.5. The fourth-order valence-corrected chi connectivity index (χ4v) is 5.91. The summed E-state index contributed by atoms with van der Waals surface area (Å²) in [4.78, 5) is 11.0. The van der Waals surface area contributed by atoms with Gasteiger partial charge in [0.1, 0.15) is 18.3 Å². The van der Waals surface area contributed by atoms with Crippen LogP contribution in [0.4, 0.5) is 5.69 Å². The standard InChI is InChI=1S/C26H30N2O2S.CH4O.CH2O/c1-20-10-11-25(30-24-17-21(2)16-22(3)18-24)26(19-20)31(4,29)28-14-12-27(13-15-28)23-8-6-5-7-9-23;2*1-2/h5-11,16-19H,4,12-15H2,1-3H3;2H,1H3;1H2. The SMILES string of the molecule is C=O.C=S(=O)(c1cc(C)ccc1Oc1cc(C)cc(C)c1)N1CCN(c2ccccc2)CC1.CO. The Morgan fingerprint density at radius 1 is 0.800 bits per heavy atom. The largest absolute Gasteiger partial charge is 0.456 e. The lowest BCUT2D eigenvalue weighted by atomic mass is 10.1. The highest BCUT2D eigenvalue weighted by atomic mass is 32.2. The molecule has 3 aromatic carbocycles. The van der Waals surface area contributed by atoms with Crippen molar-refractivity contribution in [2.45, 2.75) is 25.7 Å². The first-order valence-corrected chi connectivity index (χ1v) is 13.0. The minimum absolute atomic E-state index is 0.612. The summed E-state index contributed by atoms with van der Waals surface area (Å²) in [5.74, 6) is 5.56. The Labute approximate surface area is 209 Å². The molecule has 7 heteroatoms. The third kappa shape index (κ3) is 7.18. The number of piperazine rings is 1. The fraction of sp³-hybridized carbons (Fsp3) is 0.286. The molecule has 0 aromatic heterocycles. The predicted octanol–water partition coefficient (Wildman–Crippen LogP) is 4.64. The molecule has 1 saturated heterocycles. The van der Waals surface area contributed by atoms with Crippen LogP contribution >= 0.6 is 0 Å². The zero-order chi connectivity index (χ0) is 26.0. The molecule has 0 bridgehead atoms. The second-order valence-electron chi connectivity index (χ2n) is 8.27. The number of carbonyl (C=O) groups excluding carboxylic acids is 1. The number of nitrogens with zero attached hydrogens (tertiary/aromatic N) is 2. The van der Waals surface area contributed by atoms with E-state index in [0.717, 1.165) is 42.6 Å². The van der Waals surface area contributed by atoms with Gasteiger partial charge < -0.3 is 19.5 Å². The highest BCUT2D eigenvalue weighted by molar-refractivity contribution is 7.98. The van der Waals surface area contributed by atoms with Crippen LogP contribution in [0.5, 0.6) is 11.5 Å². The van der Waals surface area contributed by atoms with Crippen LogP contribution in [0.1, 0.15) is 16.7 Å². The summed E-state index contributed by atoms with van der Waals surface area (Å²) >= 11 is 0. The second kappa shape index (κ2) is 13.1. The summed E-state index contributed by atoms with van der Waals surface area (Å²) in [6.07, 6.45) is 0. The maximum atomic E-state index is 14.0. The molecule has 1 atom stereocenters. The van der Waals surface area contributed by atoms with Crippen molar-refractivity contribution in [3.05, 3.63) is 83.4 Å². The Morgan fingerprint density at radius 2 is 1.37 bits per heavy atom. The van der Waals surface area contributed by atoms with E-state index in [9.17, 15) is 4.21 Å². The van der Waals surface area contributed by atoms with Gasteiger partial charge in [0, 0.05) is 39.0 Å². The third-order valence-electron chi connectivity index (χ3n) is 5.64. The number of hydrogen-bond donors (Lipinski definition) is 1. The summed E-state index contributed by atoms with van der Waals surface area (Å²) in [7, 11) is -1.68. The number of carbonyl (C=O) groups is 1. The lowest BCUT2D eigenvalue weighted by Crippen LogP contribution is -2.48. The number of rotatable bonds is 5. The van der Waals surface area contributed by atoms with Crippen molar-refractivity contribution in [2.24, 2.45) is 0 Å². The van der Waals surface area contributed by atoms with Crippen LogP contribution in [-0.2, 0) is 14.5 Å². The molecule has 0 aliphatic carbocycles. The first-order valence-electron chi connectivity index (χ1n) is 11.4. The molecule has 35 heavy (non-hydrogen) atoms. The summed E-state index contributed by atoms with van der Waals surface area (Å²) in [6, 6.07) is 22.3. The van der Waals surface area contributed by atoms with Crippen LogP contribution < -0.4 is 9.64 Å². The van der Waals surface area contributed by atoms with Gasteiger partial charge in [0.25, 0.3) is 0 Å². The molecular weight excluding hydrogens is 460 g/mol. The molecule has 1 unspecified atom stereocenters. The first kappa shape index (κ1) is 28.1. The van der Waals surface area contributed by atoms with Gasteiger partial charge in [-0.2, -0.15) is 0 Å². The molecule has 1 aliphatic heterocycles. The molecule has 0 saturated carbocycles.